The lowest BCUT2D eigenvalue weighted by molar-refractivity contribution is 0.0530. The van der Waals surface area contributed by atoms with Gasteiger partial charge in [-0.3, -0.25) is 9.59 Å². The van der Waals surface area contributed by atoms with E-state index in [-0.39, 0.29) is 17.4 Å². The van der Waals surface area contributed by atoms with Crippen molar-refractivity contribution in [3.63, 3.8) is 0 Å². The van der Waals surface area contributed by atoms with Crippen LogP contribution in [0.2, 0.25) is 0 Å². The fourth-order valence-corrected chi connectivity index (χ4v) is 3.86. The van der Waals surface area contributed by atoms with Gasteiger partial charge >= 0.3 is 0 Å². The van der Waals surface area contributed by atoms with Crippen LogP contribution in [0.25, 0.3) is 0 Å². The second kappa shape index (κ2) is 9.04. The minimum Gasteiger partial charge on any atom is -0.486 e. The molecule has 0 aliphatic carbocycles. The molecule has 0 bridgehead atoms. The van der Waals surface area contributed by atoms with Gasteiger partial charge in [-0.15, -0.1) is 11.3 Å². The van der Waals surface area contributed by atoms with Gasteiger partial charge in [-0.25, -0.2) is 9.37 Å². The summed E-state index contributed by atoms with van der Waals surface area (Å²) < 4.78 is 19.7. The molecule has 0 radical (unpaired) electrons. The molecular weight excluding hydrogens is 405 g/mol. The van der Waals surface area contributed by atoms with Crippen molar-refractivity contribution in [1.29, 1.82) is 0 Å². The number of carbonyl (C=O) groups excluding carboxylic acids is 2. The Hall–Kier alpha value is -3.26. The average molecular weight is 425 g/mol. The third-order valence-corrected chi connectivity index (χ3v) is 5.57. The number of piperazine rings is 1. The van der Waals surface area contributed by atoms with Gasteiger partial charge in [0.1, 0.15) is 18.2 Å². The number of rotatable bonds is 5. The van der Waals surface area contributed by atoms with Gasteiger partial charge in [-0.05, 0) is 24.3 Å². The van der Waals surface area contributed by atoms with Crippen LogP contribution in [-0.2, 0) is 6.61 Å². The predicted molar refractivity (Wildman–Crippen MR) is 111 cm³/mol. The molecule has 2 amide bonds. The number of benzene rings is 2. The summed E-state index contributed by atoms with van der Waals surface area (Å²) in [5.41, 5.74) is 3.07. The van der Waals surface area contributed by atoms with Gasteiger partial charge in [-0.1, -0.05) is 24.3 Å². The molecule has 3 aromatic rings. The van der Waals surface area contributed by atoms with Crippen molar-refractivity contribution in [2.75, 3.05) is 26.2 Å². The summed E-state index contributed by atoms with van der Waals surface area (Å²) in [5.74, 6) is -0.540. The first kappa shape index (κ1) is 20.0. The third kappa shape index (κ3) is 4.33. The second-order valence-electron chi connectivity index (χ2n) is 6.83. The molecule has 0 N–H and O–H groups in total. The van der Waals surface area contributed by atoms with E-state index in [1.165, 1.54) is 23.5 Å². The lowest BCUT2D eigenvalue weighted by atomic mass is 10.1. The summed E-state index contributed by atoms with van der Waals surface area (Å²) in [7, 11) is 0. The highest BCUT2D eigenvalue weighted by atomic mass is 32.1. The molecule has 1 fully saturated rings. The van der Waals surface area contributed by atoms with Gasteiger partial charge in [-0.2, -0.15) is 0 Å². The smallest absolute Gasteiger partial charge is 0.257 e. The van der Waals surface area contributed by atoms with Crippen LogP contribution in [0.4, 0.5) is 4.39 Å². The van der Waals surface area contributed by atoms with E-state index in [1.54, 1.807) is 45.6 Å². The zero-order valence-electron chi connectivity index (χ0n) is 16.2. The van der Waals surface area contributed by atoms with E-state index in [0.29, 0.717) is 44.1 Å². The van der Waals surface area contributed by atoms with Crippen LogP contribution in [0, 0.1) is 5.82 Å². The average Bonchev–Trinajstić information content (AvgIpc) is 3.31. The third-order valence-electron chi connectivity index (χ3n) is 4.93. The van der Waals surface area contributed by atoms with Crippen molar-refractivity contribution in [3.8, 4) is 5.75 Å². The van der Waals surface area contributed by atoms with Crippen LogP contribution >= 0.6 is 11.3 Å². The number of nitrogens with zero attached hydrogens (tertiary/aromatic N) is 3. The Kier molecular flexibility index (Phi) is 6.04. The predicted octanol–water partition coefficient (Wildman–Crippen LogP) is 3.46. The first-order chi connectivity index (χ1) is 14.6. The van der Waals surface area contributed by atoms with Crippen molar-refractivity contribution in [2.24, 2.45) is 0 Å². The minimum absolute atomic E-state index is 0.0538. The molecule has 1 saturated heterocycles. The summed E-state index contributed by atoms with van der Waals surface area (Å²) in [6.07, 6.45) is 0. The number of para-hydroxylation sites is 1. The molecule has 30 heavy (non-hydrogen) atoms. The number of amides is 2. The lowest BCUT2D eigenvalue weighted by Gasteiger charge is -2.35. The number of carbonyl (C=O) groups is 2. The molecule has 8 heteroatoms. The second-order valence-corrected chi connectivity index (χ2v) is 7.55. The van der Waals surface area contributed by atoms with E-state index in [4.69, 9.17) is 4.74 Å². The van der Waals surface area contributed by atoms with E-state index < -0.39 is 5.82 Å². The minimum atomic E-state index is -0.535. The number of hydrogen-bond acceptors (Lipinski definition) is 5. The fraction of sp³-hybridized carbons (Fsp3) is 0.227. The first-order valence-corrected chi connectivity index (χ1v) is 10.5. The summed E-state index contributed by atoms with van der Waals surface area (Å²) in [6, 6.07) is 13.0. The van der Waals surface area contributed by atoms with Gasteiger partial charge in [0.2, 0.25) is 0 Å². The maximum absolute atomic E-state index is 13.9. The van der Waals surface area contributed by atoms with Gasteiger partial charge < -0.3 is 14.5 Å². The molecule has 2 heterocycles. The van der Waals surface area contributed by atoms with Crippen molar-refractivity contribution in [1.82, 2.24) is 14.8 Å². The van der Waals surface area contributed by atoms with E-state index in [1.807, 2.05) is 11.4 Å². The molecule has 4 rings (SSSR count). The van der Waals surface area contributed by atoms with Crippen LogP contribution in [-0.4, -0.2) is 52.8 Å². The Bertz CT molecular complexity index is 1030. The van der Waals surface area contributed by atoms with E-state index in [9.17, 15) is 14.0 Å². The molecule has 0 unspecified atom stereocenters. The Balaban J connectivity index is 1.40. The zero-order chi connectivity index (χ0) is 20.9. The molecule has 154 valence electrons. The highest BCUT2D eigenvalue weighted by molar-refractivity contribution is 7.07. The number of halogens is 1. The summed E-state index contributed by atoms with van der Waals surface area (Å²) in [4.78, 5) is 33.1. The van der Waals surface area contributed by atoms with E-state index in [2.05, 4.69) is 4.98 Å². The van der Waals surface area contributed by atoms with Crippen LogP contribution in [0.15, 0.2) is 59.4 Å². The van der Waals surface area contributed by atoms with Crippen LogP contribution < -0.4 is 4.74 Å². The Morgan fingerprint density at radius 2 is 1.53 bits per heavy atom. The first-order valence-electron chi connectivity index (χ1n) is 9.55. The molecule has 1 aromatic heterocycles. The lowest BCUT2D eigenvalue weighted by Crippen LogP contribution is -2.50. The number of hydrogen-bond donors (Lipinski definition) is 0. The van der Waals surface area contributed by atoms with Crippen molar-refractivity contribution in [3.05, 3.63) is 82.1 Å². The molecular formula is C22H20FN3O3S. The Labute approximate surface area is 177 Å². The molecule has 1 aliphatic rings. The number of aromatic nitrogens is 1. The number of thiazole rings is 1. The summed E-state index contributed by atoms with van der Waals surface area (Å²) >= 11 is 1.49. The molecule has 6 nitrogen and oxygen atoms in total. The highest BCUT2D eigenvalue weighted by Gasteiger charge is 2.27. The largest absolute Gasteiger partial charge is 0.486 e. The number of ether oxygens (including phenoxy) is 1. The Morgan fingerprint density at radius 3 is 2.17 bits per heavy atom. The monoisotopic (exact) mass is 425 g/mol. The molecule has 2 aromatic carbocycles. The topological polar surface area (TPSA) is 62.7 Å². The van der Waals surface area contributed by atoms with Crippen molar-refractivity contribution >= 4 is 23.2 Å². The molecule has 0 atom stereocenters. The van der Waals surface area contributed by atoms with Gasteiger partial charge in [0.25, 0.3) is 11.8 Å². The van der Waals surface area contributed by atoms with E-state index in [0.717, 1.165) is 5.69 Å². The molecule has 0 spiro atoms. The standard InChI is InChI=1S/C22H20FN3O3S/c23-19-7-3-1-5-17(19)21(27)25-9-11-26(12-10-25)22(28)18-6-2-4-8-20(18)29-13-16-14-30-15-24-16/h1-8,14-15H,9-13H2. The molecule has 0 saturated carbocycles. The van der Waals surface area contributed by atoms with E-state index >= 15 is 0 Å². The zero-order valence-corrected chi connectivity index (χ0v) is 17.0. The van der Waals surface area contributed by atoms with Crippen LogP contribution in [0.5, 0.6) is 5.75 Å². The van der Waals surface area contributed by atoms with Gasteiger partial charge in [0.05, 0.1) is 22.3 Å². The van der Waals surface area contributed by atoms with Crippen molar-refractivity contribution in [2.45, 2.75) is 6.61 Å². The maximum Gasteiger partial charge on any atom is 0.257 e. The molecule has 1 aliphatic heterocycles. The quantitative estimate of drug-likeness (QED) is 0.628. The highest BCUT2D eigenvalue weighted by Crippen LogP contribution is 2.22. The van der Waals surface area contributed by atoms with Crippen LogP contribution in [0.1, 0.15) is 26.4 Å². The van der Waals surface area contributed by atoms with Gasteiger partial charge in [0, 0.05) is 31.6 Å². The fourth-order valence-electron chi connectivity index (χ4n) is 3.32. The summed E-state index contributed by atoms with van der Waals surface area (Å²) in [6.45, 7) is 1.74. The Morgan fingerprint density at radius 1 is 0.933 bits per heavy atom. The van der Waals surface area contributed by atoms with Crippen molar-refractivity contribution < 1.29 is 18.7 Å². The summed E-state index contributed by atoms with van der Waals surface area (Å²) in [5, 5.41) is 1.90. The SMILES string of the molecule is O=C(c1ccccc1F)N1CCN(C(=O)c2ccccc2OCc2cscn2)CC1. The maximum atomic E-state index is 13.9. The normalized spacial score (nSPS) is 13.9. The van der Waals surface area contributed by atoms with Crippen LogP contribution in [0.3, 0.4) is 0 Å². The van der Waals surface area contributed by atoms with Gasteiger partial charge in [0.15, 0.2) is 0 Å².